The Bertz CT molecular complexity index is 749. The Morgan fingerprint density at radius 2 is 2.05 bits per heavy atom. The molecule has 0 aliphatic heterocycles. The van der Waals surface area contributed by atoms with Crippen LogP contribution in [0.25, 0.3) is 0 Å². The van der Waals surface area contributed by atoms with Gasteiger partial charge in [-0.2, -0.15) is 5.10 Å². The van der Waals surface area contributed by atoms with Crippen molar-refractivity contribution in [2.45, 2.75) is 27.3 Å². The number of benzene rings is 1. The molecule has 0 spiro atoms. The molecule has 7 nitrogen and oxygen atoms in total. The molecule has 116 valence electrons. The lowest BCUT2D eigenvalue weighted by molar-refractivity contribution is -0.385. The van der Waals surface area contributed by atoms with Crippen molar-refractivity contribution in [1.82, 2.24) is 15.1 Å². The Morgan fingerprint density at radius 3 is 2.59 bits per heavy atom. The largest absolute Gasteiger partial charge is 0.348 e. The van der Waals surface area contributed by atoms with Crippen LogP contribution >= 0.6 is 0 Å². The number of rotatable bonds is 4. The number of aromatic nitrogens is 2. The Balaban J connectivity index is 2.20. The SMILES string of the molecule is Cc1nn(C)c(C)c1CNC(=O)c1cccc([N+](=O)[O-])c1C. The summed E-state index contributed by atoms with van der Waals surface area (Å²) in [6.07, 6.45) is 0. The number of hydrogen-bond donors (Lipinski definition) is 1. The first-order valence-electron chi connectivity index (χ1n) is 6.84. The molecular weight excluding hydrogens is 284 g/mol. The third kappa shape index (κ3) is 2.83. The van der Waals surface area contributed by atoms with E-state index in [4.69, 9.17) is 0 Å². The molecule has 1 heterocycles. The number of nitrogens with one attached hydrogen (secondary N) is 1. The zero-order valence-corrected chi connectivity index (χ0v) is 13.0. The minimum absolute atomic E-state index is 0.0543. The predicted octanol–water partition coefficient (Wildman–Crippen LogP) is 2.18. The van der Waals surface area contributed by atoms with Crippen LogP contribution in [0, 0.1) is 30.9 Å². The molecule has 0 atom stereocenters. The van der Waals surface area contributed by atoms with Crippen LogP contribution in [0.3, 0.4) is 0 Å². The molecule has 2 rings (SSSR count). The number of nitrogens with zero attached hydrogens (tertiary/aromatic N) is 3. The lowest BCUT2D eigenvalue weighted by Gasteiger charge is -2.08. The van der Waals surface area contributed by atoms with Gasteiger partial charge in [0, 0.05) is 42.0 Å². The summed E-state index contributed by atoms with van der Waals surface area (Å²) >= 11 is 0. The summed E-state index contributed by atoms with van der Waals surface area (Å²) in [7, 11) is 1.85. The van der Waals surface area contributed by atoms with E-state index in [9.17, 15) is 14.9 Å². The summed E-state index contributed by atoms with van der Waals surface area (Å²) in [6.45, 7) is 5.73. The highest BCUT2D eigenvalue weighted by Gasteiger charge is 2.18. The fourth-order valence-corrected chi connectivity index (χ4v) is 2.40. The molecule has 1 aromatic heterocycles. The zero-order chi connectivity index (χ0) is 16.4. The van der Waals surface area contributed by atoms with Gasteiger partial charge in [-0.15, -0.1) is 0 Å². The molecule has 0 saturated heterocycles. The minimum atomic E-state index is -0.485. The number of nitro benzene ring substituents is 1. The summed E-state index contributed by atoms with van der Waals surface area (Å²) in [5, 5.41) is 18.0. The molecule has 0 bridgehead atoms. The van der Waals surface area contributed by atoms with Crippen LogP contribution in [0.5, 0.6) is 0 Å². The molecule has 1 amide bonds. The molecule has 0 aliphatic rings. The Morgan fingerprint density at radius 1 is 1.36 bits per heavy atom. The van der Waals surface area contributed by atoms with E-state index in [0.717, 1.165) is 17.0 Å². The van der Waals surface area contributed by atoms with E-state index >= 15 is 0 Å². The molecule has 22 heavy (non-hydrogen) atoms. The standard InChI is InChI=1S/C15H18N4O3/c1-9-12(6-5-7-14(9)19(21)22)15(20)16-8-13-10(2)17-18(4)11(13)3/h5-7H,8H2,1-4H3,(H,16,20). The second kappa shape index (κ2) is 5.97. The first-order valence-corrected chi connectivity index (χ1v) is 6.84. The van der Waals surface area contributed by atoms with Gasteiger partial charge >= 0.3 is 0 Å². The highest BCUT2D eigenvalue weighted by molar-refractivity contribution is 5.96. The summed E-state index contributed by atoms with van der Waals surface area (Å²) in [5.41, 5.74) is 3.42. The van der Waals surface area contributed by atoms with Crippen LogP contribution < -0.4 is 5.32 Å². The third-order valence-electron chi connectivity index (χ3n) is 3.83. The molecule has 1 aromatic carbocycles. The van der Waals surface area contributed by atoms with Gasteiger partial charge in [0.2, 0.25) is 0 Å². The number of carbonyl (C=O) groups is 1. The maximum Gasteiger partial charge on any atom is 0.273 e. The molecule has 1 N–H and O–H groups in total. The molecule has 0 saturated carbocycles. The maximum atomic E-state index is 12.3. The van der Waals surface area contributed by atoms with Crippen LogP contribution in [0.1, 0.15) is 32.9 Å². The molecule has 2 aromatic rings. The van der Waals surface area contributed by atoms with Gasteiger partial charge in [-0.3, -0.25) is 19.6 Å². The molecular formula is C15H18N4O3. The summed E-state index contributed by atoms with van der Waals surface area (Å²) < 4.78 is 1.76. The molecule has 0 fully saturated rings. The van der Waals surface area contributed by atoms with E-state index in [0.29, 0.717) is 17.7 Å². The van der Waals surface area contributed by atoms with Crippen molar-refractivity contribution in [3.63, 3.8) is 0 Å². The van der Waals surface area contributed by atoms with Crippen LogP contribution in [-0.4, -0.2) is 20.6 Å². The van der Waals surface area contributed by atoms with E-state index in [2.05, 4.69) is 10.4 Å². The fourth-order valence-electron chi connectivity index (χ4n) is 2.40. The van der Waals surface area contributed by atoms with Gasteiger partial charge in [0.05, 0.1) is 10.6 Å². The van der Waals surface area contributed by atoms with Crippen molar-refractivity contribution < 1.29 is 9.72 Å². The Kier molecular flexibility index (Phi) is 4.25. The normalized spacial score (nSPS) is 10.5. The summed E-state index contributed by atoms with van der Waals surface area (Å²) in [4.78, 5) is 22.7. The van der Waals surface area contributed by atoms with Gasteiger partial charge in [0.25, 0.3) is 11.6 Å². The van der Waals surface area contributed by atoms with Crippen LogP contribution in [0.4, 0.5) is 5.69 Å². The van der Waals surface area contributed by atoms with Crippen molar-refractivity contribution in [3.8, 4) is 0 Å². The van der Waals surface area contributed by atoms with Crippen LogP contribution in [-0.2, 0) is 13.6 Å². The van der Waals surface area contributed by atoms with Gasteiger partial charge in [-0.25, -0.2) is 0 Å². The summed E-state index contributed by atoms with van der Waals surface area (Å²) in [6, 6.07) is 4.49. The Hall–Kier alpha value is -2.70. The zero-order valence-electron chi connectivity index (χ0n) is 13.0. The van der Waals surface area contributed by atoms with E-state index in [-0.39, 0.29) is 11.6 Å². The third-order valence-corrected chi connectivity index (χ3v) is 3.83. The smallest absolute Gasteiger partial charge is 0.273 e. The van der Waals surface area contributed by atoms with Gasteiger partial charge in [0.1, 0.15) is 0 Å². The van der Waals surface area contributed by atoms with E-state index in [1.807, 2.05) is 20.9 Å². The Labute approximate surface area is 128 Å². The fraction of sp³-hybridized carbons (Fsp3) is 0.333. The van der Waals surface area contributed by atoms with E-state index in [1.165, 1.54) is 12.1 Å². The molecule has 0 radical (unpaired) electrons. The number of aryl methyl sites for hydroxylation is 2. The van der Waals surface area contributed by atoms with Gasteiger partial charge in [0.15, 0.2) is 0 Å². The van der Waals surface area contributed by atoms with Gasteiger partial charge in [-0.1, -0.05) is 6.07 Å². The number of nitro groups is 1. The number of carbonyl (C=O) groups excluding carboxylic acids is 1. The van der Waals surface area contributed by atoms with Crippen molar-refractivity contribution in [2.24, 2.45) is 7.05 Å². The van der Waals surface area contributed by atoms with Crippen LogP contribution in [0.2, 0.25) is 0 Å². The van der Waals surface area contributed by atoms with Crippen molar-refractivity contribution in [1.29, 1.82) is 0 Å². The average Bonchev–Trinajstić information content (AvgIpc) is 2.69. The molecule has 0 aliphatic carbocycles. The highest BCUT2D eigenvalue weighted by atomic mass is 16.6. The monoisotopic (exact) mass is 302 g/mol. The molecule has 7 heteroatoms. The van der Waals surface area contributed by atoms with Crippen molar-refractivity contribution in [2.75, 3.05) is 0 Å². The van der Waals surface area contributed by atoms with E-state index in [1.54, 1.807) is 17.7 Å². The van der Waals surface area contributed by atoms with E-state index < -0.39 is 4.92 Å². The van der Waals surface area contributed by atoms with Crippen LogP contribution in [0.15, 0.2) is 18.2 Å². The number of hydrogen-bond acceptors (Lipinski definition) is 4. The maximum absolute atomic E-state index is 12.3. The topological polar surface area (TPSA) is 90.1 Å². The minimum Gasteiger partial charge on any atom is -0.348 e. The summed E-state index contributed by atoms with van der Waals surface area (Å²) in [5.74, 6) is -0.330. The van der Waals surface area contributed by atoms with Crippen molar-refractivity contribution >= 4 is 11.6 Å². The predicted molar refractivity (Wildman–Crippen MR) is 81.7 cm³/mol. The first kappa shape index (κ1) is 15.7. The average molecular weight is 302 g/mol. The number of amides is 1. The highest BCUT2D eigenvalue weighted by Crippen LogP contribution is 2.21. The van der Waals surface area contributed by atoms with Crippen molar-refractivity contribution in [3.05, 3.63) is 56.4 Å². The quantitative estimate of drug-likeness (QED) is 0.692. The lowest BCUT2D eigenvalue weighted by Crippen LogP contribution is -2.24. The second-order valence-corrected chi connectivity index (χ2v) is 5.16. The lowest BCUT2D eigenvalue weighted by atomic mass is 10.1. The van der Waals surface area contributed by atoms with Gasteiger partial charge in [-0.05, 0) is 26.8 Å². The second-order valence-electron chi connectivity index (χ2n) is 5.16. The van der Waals surface area contributed by atoms with Gasteiger partial charge < -0.3 is 5.32 Å². The molecule has 0 unspecified atom stereocenters. The first-order chi connectivity index (χ1) is 10.3.